The van der Waals surface area contributed by atoms with Crippen molar-refractivity contribution >= 4 is 27.3 Å². The number of non-ortho nitro benzene ring substituents is 1. The van der Waals surface area contributed by atoms with Crippen LogP contribution in [0.25, 0.3) is 0 Å². The molecule has 1 aromatic carbocycles. The minimum atomic E-state index is -3.01. The van der Waals surface area contributed by atoms with E-state index in [0.29, 0.717) is 10.2 Å². The number of hydrogen-bond acceptors (Lipinski definition) is 4. The van der Waals surface area contributed by atoms with Crippen LogP contribution >= 0.6 is 15.9 Å². The van der Waals surface area contributed by atoms with Crippen LogP contribution in [0, 0.1) is 10.1 Å². The topological polar surface area (TPSA) is 81.2 Å². The molecule has 0 aliphatic carbocycles. The summed E-state index contributed by atoms with van der Waals surface area (Å²) >= 11 is 3.06. The highest BCUT2D eigenvalue weighted by Crippen LogP contribution is 2.27. The second-order valence-electron chi connectivity index (χ2n) is 3.33. The molecule has 17 heavy (non-hydrogen) atoms. The maximum atomic E-state index is 12.9. The number of nitrogens with zero attached hydrogens (tertiary/aromatic N) is 1. The van der Waals surface area contributed by atoms with Gasteiger partial charge in [0.25, 0.3) is 11.6 Å². The molecule has 5 nitrogen and oxygen atoms in total. The molecule has 0 saturated heterocycles. The number of benzene rings is 1. The van der Waals surface area contributed by atoms with Crippen molar-refractivity contribution in [3.8, 4) is 0 Å². The van der Waals surface area contributed by atoms with Crippen molar-refractivity contribution in [3.63, 3.8) is 0 Å². The predicted octanol–water partition coefficient (Wildman–Crippen LogP) is 2.36. The van der Waals surface area contributed by atoms with Gasteiger partial charge in [0.2, 0.25) is 0 Å². The van der Waals surface area contributed by atoms with Crippen molar-refractivity contribution < 1.29 is 13.7 Å². The number of rotatable bonds is 5. The average Bonchev–Trinajstić information content (AvgIpc) is 2.27. The van der Waals surface area contributed by atoms with Crippen LogP contribution in [0.15, 0.2) is 22.7 Å². The lowest BCUT2D eigenvalue weighted by molar-refractivity contribution is -0.384. The molecule has 0 aromatic heterocycles. The molecule has 0 amide bonds. The van der Waals surface area contributed by atoms with Crippen LogP contribution in [-0.2, 0) is 0 Å². The van der Waals surface area contributed by atoms with Gasteiger partial charge in [0.05, 0.1) is 18.0 Å². The van der Waals surface area contributed by atoms with Crippen molar-refractivity contribution in [3.05, 3.63) is 32.8 Å². The fourth-order valence-corrected chi connectivity index (χ4v) is 1.56. The first kappa shape index (κ1) is 13.8. The SMILES string of the molecule is NCC(F)(F)CNc1ccc([N+](=O)[O-])cc1Br. The molecule has 0 bridgehead atoms. The quantitative estimate of drug-likeness (QED) is 0.646. The molecule has 0 fully saturated rings. The van der Waals surface area contributed by atoms with E-state index in [0.717, 1.165) is 0 Å². The fraction of sp³-hybridized carbons (Fsp3) is 0.333. The van der Waals surface area contributed by atoms with Gasteiger partial charge < -0.3 is 11.1 Å². The minimum absolute atomic E-state index is 0.118. The molecular formula is C9H10BrF2N3O2. The first-order valence-corrected chi connectivity index (χ1v) is 5.41. The second-order valence-corrected chi connectivity index (χ2v) is 4.19. The monoisotopic (exact) mass is 309 g/mol. The molecule has 0 atom stereocenters. The Bertz CT molecular complexity index is 429. The smallest absolute Gasteiger partial charge is 0.276 e. The Kier molecular flexibility index (Phi) is 4.35. The van der Waals surface area contributed by atoms with Gasteiger partial charge in [-0.15, -0.1) is 0 Å². The normalized spacial score (nSPS) is 11.3. The molecule has 94 valence electrons. The summed E-state index contributed by atoms with van der Waals surface area (Å²) in [5, 5.41) is 12.9. The standard InChI is InChI=1S/C9H10BrF2N3O2/c10-7-3-6(15(16)17)1-2-8(7)14-5-9(11,12)4-13/h1-3,14H,4-5,13H2. The Labute approximate surface area is 104 Å². The molecular weight excluding hydrogens is 300 g/mol. The summed E-state index contributed by atoms with van der Waals surface area (Å²) in [4.78, 5) is 9.89. The van der Waals surface area contributed by atoms with Crippen LogP contribution in [0.4, 0.5) is 20.2 Å². The average molecular weight is 310 g/mol. The zero-order chi connectivity index (χ0) is 13.1. The summed E-state index contributed by atoms with van der Waals surface area (Å²) < 4.78 is 26.1. The maximum Gasteiger partial charge on any atom is 0.276 e. The highest BCUT2D eigenvalue weighted by molar-refractivity contribution is 9.10. The summed E-state index contributed by atoms with van der Waals surface area (Å²) in [6, 6.07) is 3.82. The van der Waals surface area contributed by atoms with E-state index in [2.05, 4.69) is 21.2 Å². The molecule has 1 aromatic rings. The van der Waals surface area contributed by atoms with Crippen molar-refractivity contribution in [2.45, 2.75) is 5.92 Å². The summed E-state index contributed by atoms with van der Waals surface area (Å²) in [6.07, 6.45) is 0. The largest absolute Gasteiger partial charge is 0.378 e. The van der Waals surface area contributed by atoms with Crippen molar-refractivity contribution in [2.75, 3.05) is 18.4 Å². The molecule has 0 heterocycles. The molecule has 1 rings (SSSR count). The van der Waals surface area contributed by atoms with Gasteiger partial charge in [0, 0.05) is 22.3 Å². The van der Waals surface area contributed by atoms with Crippen LogP contribution in [0.3, 0.4) is 0 Å². The van der Waals surface area contributed by atoms with Crippen LogP contribution < -0.4 is 11.1 Å². The van der Waals surface area contributed by atoms with E-state index in [1.165, 1.54) is 18.2 Å². The third-order valence-corrected chi connectivity index (χ3v) is 2.66. The zero-order valence-electron chi connectivity index (χ0n) is 8.62. The Morgan fingerprint density at radius 2 is 2.18 bits per heavy atom. The third kappa shape index (κ3) is 3.90. The Morgan fingerprint density at radius 3 is 2.65 bits per heavy atom. The van der Waals surface area contributed by atoms with E-state index in [4.69, 9.17) is 5.73 Å². The highest BCUT2D eigenvalue weighted by atomic mass is 79.9. The van der Waals surface area contributed by atoms with Crippen molar-refractivity contribution in [2.24, 2.45) is 5.73 Å². The van der Waals surface area contributed by atoms with E-state index in [1.807, 2.05) is 0 Å². The van der Waals surface area contributed by atoms with Gasteiger partial charge in [-0.05, 0) is 22.0 Å². The number of nitrogens with two attached hydrogens (primary N) is 1. The van der Waals surface area contributed by atoms with Gasteiger partial charge in [-0.25, -0.2) is 8.78 Å². The Hall–Kier alpha value is -1.28. The second kappa shape index (κ2) is 5.37. The van der Waals surface area contributed by atoms with Gasteiger partial charge in [-0.1, -0.05) is 0 Å². The van der Waals surface area contributed by atoms with Crippen LogP contribution in [0.5, 0.6) is 0 Å². The first-order chi connectivity index (χ1) is 7.85. The number of nitro groups is 1. The van der Waals surface area contributed by atoms with Crippen molar-refractivity contribution in [1.82, 2.24) is 0 Å². The van der Waals surface area contributed by atoms with Crippen molar-refractivity contribution in [1.29, 1.82) is 0 Å². The Balaban J connectivity index is 2.77. The fourth-order valence-electron chi connectivity index (χ4n) is 1.06. The number of hydrogen-bond donors (Lipinski definition) is 2. The number of nitro benzene ring substituents is 1. The number of alkyl halides is 2. The molecule has 0 radical (unpaired) electrons. The lowest BCUT2D eigenvalue weighted by atomic mass is 10.2. The van der Waals surface area contributed by atoms with E-state index < -0.39 is 23.9 Å². The van der Waals surface area contributed by atoms with E-state index in [9.17, 15) is 18.9 Å². The maximum absolute atomic E-state index is 12.9. The summed E-state index contributed by atoms with van der Waals surface area (Å²) in [7, 11) is 0. The predicted molar refractivity (Wildman–Crippen MR) is 63.3 cm³/mol. The molecule has 0 aliphatic heterocycles. The lowest BCUT2D eigenvalue weighted by Crippen LogP contribution is -2.35. The van der Waals surface area contributed by atoms with Crippen LogP contribution in [0.1, 0.15) is 0 Å². The zero-order valence-corrected chi connectivity index (χ0v) is 10.2. The molecule has 8 heteroatoms. The highest BCUT2D eigenvalue weighted by Gasteiger charge is 2.26. The number of halogens is 3. The number of anilines is 1. The van der Waals surface area contributed by atoms with Crippen LogP contribution in [0.2, 0.25) is 0 Å². The summed E-state index contributed by atoms with van der Waals surface area (Å²) in [5.41, 5.74) is 5.11. The lowest BCUT2D eigenvalue weighted by Gasteiger charge is -2.16. The van der Waals surface area contributed by atoms with E-state index in [-0.39, 0.29) is 5.69 Å². The third-order valence-electron chi connectivity index (χ3n) is 2.00. The van der Waals surface area contributed by atoms with Gasteiger partial charge >= 0.3 is 0 Å². The first-order valence-electron chi connectivity index (χ1n) is 4.61. The van der Waals surface area contributed by atoms with Gasteiger partial charge in [-0.2, -0.15) is 0 Å². The summed E-state index contributed by atoms with van der Waals surface area (Å²) in [5.74, 6) is -3.01. The van der Waals surface area contributed by atoms with Gasteiger partial charge in [0.1, 0.15) is 0 Å². The van der Waals surface area contributed by atoms with E-state index in [1.54, 1.807) is 0 Å². The molecule has 0 saturated carbocycles. The van der Waals surface area contributed by atoms with Gasteiger partial charge in [-0.3, -0.25) is 10.1 Å². The van der Waals surface area contributed by atoms with Gasteiger partial charge in [0.15, 0.2) is 0 Å². The molecule has 0 unspecified atom stereocenters. The summed E-state index contributed by atoms with van der Waals surface area (Å²) in [6.45, 7) is -1.38. The number of nitrogens with one attached hydrogen (secondary N) is 1. The molecule has 0 spiro atoms. The molecule has 0 aliphatic rings. The van der Waals surface area contributed by atoms with Crippen LogP contribution in [-0.4, -0.2) is 23.9 Å². The minimum Gasteiger partial charge on any atom is -0.378 e. The molecule has 3 N–H and O–H groups in total. The van der Waals surface area contributed by atoms with E-state index >= 15 is 0 Å². The Morgan fingerprint density at radius 1 is 1.53 bits per heavy atom.